The van der Waals surface area contributed by atoms with E-state index >= 15 is 0 Å². The second-order valence-corrected chi connectivity index (χ2v) is 8.07. The smallest absolute Gasteiger partial charge is 0.222 e. The first-order valence-corrected chi connectivity index (χ1v) is 11.1. The number of benzene rings is 1. The van der Waals surface area contributed by atoms with E-state index in [1.807, 2.05) is 0 Å². The van der Waals surface area contributed by atoms with Crippen LogP contribution in [0.1, 0.15) is 51.5 Å². The average Bonchev–Trinajstić information content (AvgIpc) is 3.34. The summed E-state index contributed by atoms with van der Waals surface area (Å²) < 4.78 is 0. The van der Waals surface area contributed by atoms with Crippen molar-refractivity contribution >= 4 is 11.9 Å². The quantitative estimate of drug-likeness (QED) is 0.553. The Morgan fingerprint density at radius 1 is 1.25 bits per heavy atom. The number of amides is 1. The molecule has 2 fully saturated rings. The molecule has 0 aromatic heterocycles. The number of guanidine groups is 1. The predicted octanol–water partition coefficient (Wildman–Crippen LogP) is 3.31. The summed E-state index contributed by atoms with van der Waals surface area (Å²) in [4.78, 5) is 21.4. The molecule has 0 bridgehead atoms. The highest BCUT2D eigenvalue weighted by Crippen LogP contribution is 2.21. The molecule has 5 nitrogen and oxygen atoms in total. The summed E-state index contributed by atoms with van der Waals surface area (Å²) in [5.41, 5.74) is 1.43. The van der Waals surface area contributed by atoms with Crippen molar-refractivity contribution in [2.75, 3.05) is 32.7 Å². The van der Waals surface area contributed by atoms with Crippen LogP contribution in [0.3, 0.4) is 0 Å². The number of hydrogen-bond acceptors (Lipinski definition) is 2. The number of aliphatic imine (C=N–C) groups is 1. The molecule has 2 saturated heterocycles. The van der Waals surface area contributed by atoms with Gasteiger partial charge in [-0.3, -0.25) is 9.79 Å². The largest absolute Gasteiger partial charge is 0.357 e. The van der Waals surface area contributed by atoms with Crippen molar-refractivity contribution in [2.45, 2.75) is 58.4 Å². The molecular formula is C23H36N4O. The van der Waals surface area contributed by atoms with Gasteiger partial charge in [0.15, 0.2) is 5.96 Å². The van der Waals surface area contributed by atoms with Crippen molar-refractivity contribution in [3.05, 3.63) is 35.9 Å². The van der Waals surface area contributed by atoms with Crippen LogP contribution < -0.4 is 5.32 Å². The lowest BCUT2D eigenvalue weighted by atomic mass is 9.99. The number of nitrogens with one attached hydrogen (secondary N) is 1. The van der Waals surface area contributed by atoms with Crippen LogP contribution in [0, 0.1) is 5.92 Å². The maximum absolute atomic E-state index is 12.0. The van der Waals surface area contributed by atoms with Crippen LogP contribution in [-0.2, 0) is 11.2 Å². The summed E-state index contributed by atoms with van der Waals surface area (Å²) in [6.45, 7) is 9.05. The summed E-state index contributed by atoms with van der Waals surface area (Å²) in [6.07, 6.45) is 6.07. The van der Waals surface area contributed by atoms with E-state index < -0.39 is 0 Å². The molecule has 1 aromatic carbocycles. The Hall–Kier alpha value is -2.04. The average molecular weight is 385 g/mol. The van der Waals surface area contributed by atoms with E-state index in [9.17, 15) is 4.79 Å². The number of carbonyl (C=O) groups excluding carboxylic acids is 1. The number of likely N-dealkylation sites (tertiary alicyclic amines) is 2. The topological polar surface area (TPSA) is 47.9 Å². The molecule has 3 rings (SSSR count). The molecule has 1 amide bonds. The van der Waals surface area contributed by atoms with E-state index in [0.717, 1.165) is 70.8 Å². The van der Waals surface area contributed by atoms with Gasteiger partial charge in [-0.1, -0.05) is 37.3 Å². The summed E-state index contributed by atoms with van der Waals surface area (Å²) >= 11 is 0. The van der Waals surface area contributed by atoms with Crippen LogP contribution in [0.2, 0.25) is 0 Å². The molecule has 1 aromatic rings. The first-order valence-electron chi connectivity index (χ1n) is 11.1. The maximum Gasteiger partial charge on any atom is 0.222 e. The van der Waals surface area contributed by atoms with Gasteiger partial charge in [-0.15, -0.1) is 0 Å². The molecule has 5 heteroatoms. The third kappa shape index (κ3) is 5.49. The summed E-state index contributed by atoms with van der Waals surface area (Å²) in [5, 5.41) is 3.47. The van der Waals surface area contributed by atoms with Crippen molar-refractivity contribution in [2.24, 2.45) is 10.9 Å². The highest BCUT2D eigenvalue weighted by atomic mass is 16.2. The van der Waals surface area contributed by atoms with E-state index in [4.69, 9.17) is 4.99 Å². The molecule has 0 radical (unpaired) electrons. The second-order valence-electron chi connectivity index (χ2n) is 8.07. The van der Waals surface area contributed by atoms with Crippen LogP contribution in [0.4, 0.5) is 0 Å². The van der Waals surface area contributed by atoms with Gasteiger partial charge in [0.05, 0.1) is 0 Å². The molecule has 2 atom stereocenters. The van der Waals surface area contributed by atoms with Gasteiger partial charge in [0.25, 0.3) is 0 Å². The molecule has 2 heterocycles. The van der Waals surface area contributed by atoms with Gasteiger partial charge < -0.3 is 15.1 Å². The lowest BCUT2D eigenvalue weighted by molar-refractivity contribution is -0.129. The lowest BCUT2D eigenvalue weighted by Gasteiger charge is -2.27. The minimum absolute atomic E-state index is 0.325. The molecule has 154 valence electrons. The first kappa shape index (κ1) is 20.7. The van der Waals surface area contributed by atoms with Crippen LogP contribution in [0.25, 0.3) is 0 Å². The summed E-state index contributed by atoms with van der Waals surface area (Å²) in [7, 11) is 0. The van der Waals surface area contributed by atoms with Crippen molar-refractivity contribution in [3.8, 4) is 0 Å². The molecule has 2 aliphatic heterocycles. The molecule has 2 aliphatic rings. The number of nitrogens with zero attached hydrogens (tertiary/aromatic N) is 3. The van der Waals surface area contributed by atoms with Crippen LogP contribution in [0.15, 0.2) is 35.3 Å². The minimum atomic E-state index is 0.325. The number of carbonyl (C=O) groups is 1. The van der Waals surface area contributed by atoms with Gasteiger partial charge in [-0.2, -0.15) is 0 Å². The highest BCUT2D eigenvalue weighted by Gasteiger charge is 2.27. The van der Waals surface area contributed by atoms with Crippen molar-refractivity contribution < 1.29 is 4.79 Å². The lowest BCUT2D eigenvalue weighted by Crippen LogP contribution is -2.41. The SMILES string of the molecule is CCNC(=NCCC(CC)N1CCCC1=O)N1CCC(Cc2ccccc2)C1. The molecule has 0 aliphatic carbocycles. The van der Waals surface area contributed by atoms with Crippen LogP contribution >= 0.6 is 0 Å². The Labute approximate surface area is 170 Å². The summed E-state index contributed by atoms with van der Waals surface area (Å²) in [5.74, 6) is 2.06. The Kier molecular flexibility index (Phi) is 7.75. The van der Waals surface area contributed by atoms with Crippen LogP contribution in [-0.4, -0.2) is 60.4 Å². The molecule has 0 spiro atoms. The highest BCUT2D eigenvalue weighted by molar-refractivity contribution is 5.80. The first-order chi connectivity index (χ1) is 13.7. The van der Waals surface area contributed by atoms with Gasteiger partial charge in [-0.25, -0.2) is 0 Å². The third-order valence-electron chi connectivity index (χ3n) is 6.03. The molecule has 1 N–H and O–H groups in total. The zero-order valence-electron chi connectivity index (χ0n) is 17.6. The Balaban J connectivity index is 1.53. The van der Waals surface area contributed by atoms with Gasteiger partial charge in [0, 0.05) is 45.2 Å². The van der Waals surface area contributed by atoms with E-state index in [0.29, 0.717) is 17.9 Å². The van der Waals surface area contributed by atoms with Gasteiger partial charge in [-0.05, 0) is 50.5 Å². The molecule has 0 saturated carbocycles. The minimum Gasteiger partial charge on any atom is -0.357 e. The Morgan fingerprint density at radius 2 is 2.07 bits per heavy atom. The van der Waals surface area contributed by atoms with E-state index in [-0.39, 0.29) is 0 Å². The van der Waals surface area contributed by atoms with Gasteiger partial charge >= 0.3 is 0 Å². The monoisotopic (exact) mass is 384 g/mol. The zero-order chi connectivity index (χ0) is 19.8. The van der Waals surface area contributed by atoms with Crippen molar-refractivity contribution in [1.29, 1.82) is 0 Å². The predicted molar refractivity (Wildman–Crippen MR) is 115 cm³/mol. The van der Waals surface area contributed by atoms with E-state index in [1.165, 1.54) is 12.0 Å². The third-order valence-corrected chi connectivity index (χ3v) is 6.03. The summed E-state index contributed by atoms with van der Waals surface area (Å²) in [6, 6.07) is 11.1. The fourth-order valence-corrected chi connectivity index (χ4v) is 4.52. The van der Waals surface area contributed by atoms with Crippen LogP contribution in [0.5, 0.6) is 0 Å². The molecular weight excluding hydrogens is 348 g/mol. The normalized spacial score (nSPS) is 21.4. The maximum atomic E-state index is 12.0. The van der Waals surface area contributed by atoms with Crippen molar-refractivity contribution in [3.63, 3.8) is 0 Å². The van der Waals surface area contributed by atoms with E-state index in [1.54, 1.807) is 0 Å². The standard InChI is InChI=1S/C23H36N4O/c1-3-21(27-15-8-11-22(27)28)12-14-25-23(24-4-2)26-16-13-20(18-26)17-19-9-6-5-7-10-19/h5-7,9-10,20-21H,3-4,8,11-18H2,1-2H3,(H,24,25). The zero-order valence-corrected chi connectivity index (χ0v) is 17.6. The van der Waals surface area contributed by atoms with Crippen molar-refractivity contribution in [1.82, 2.24) is 15.1 Å². The second kappa shape index (κ2) is 10.5. The number of rotatable bonds is 8. The van der Waals surface area contributed by atoms with Gasteiger partial charge in [0.1, 0.15) is 0 Å². The van der Waals surface area contributed by atoms with E-state index in [2.05, 4.69) is 59.3 Å². The molecule has 28 heavy (non-hydrogen) atoms. The fourth-order valence-electron chi connectivity index (χ4n) is 4.52. The van der Waals surface area contributed by atoms with Gasteiger partial charge in [0.2, 0.25) is 5.91 Å². The Morgan fingerprint density at radius 3 is 2.75 bits per heavy atom. The Bertz CT molecular complexity index is 645. The molecule has 2 unspecified atom stereocenters. The fraction of sp³-hybridized carbons (Fsp3) is 0.652. The number of hydrogen-bond donors (Lipinski definition) is 1.